The van der Waals surface area contributed by atoms with Crippen LogP contribution >= 0.6 is 0 Å². The summed E-state index contributed by atoms with van der Waals surface area (Å²) in [6, 6.07) is 0. The third-order valence-electron chi connectivity index (χ3n) is 0.247. The predicted molar refractivity (Wildman–Crippen MR) is 30.8 cm³/mol. The van der Waals surface area contributed by atoms with Crippen LogP contribution in [-0.2, 0) is 23.9 Å². The van der Waals surface area contributed by atoms with Gasteiger partial charge in [-0.1, -0.05) is 0 Å². The van der Waals surface area contributed by atoms with Gasteiger partial charge in [0.15, 0.2) is 0 Å². The molecule has 0 rings (SSSR count). The van der Waals surface area contributed by atoms with Crippen LogP contribution < -0.4 is 56.1 Å². The minimum absolute atomic E-state index is 0. The molecular formula is C2H6FKO5S2. The Morgan fingerprint density at radius 1 is 0.909 bits per heavy atom. The van der Waals surface area contributed by atoms with Gasteiger partial charge in [0.25, 0.3) is 20.2 Å². The molecule has 0 N–H and O–H groups in total. The van der Waals surface area contributed by atoms with Crippen molar-refractivity contribution in [3.05, 3.63) is 0 Å². The molecule has 0 aromatic heterocycles. The summed E-state index contributed by atoms with van der Waals surface area (Å²) in [7, 11) is -7.74. The average molecular weight is 232 g/mol. The molecular weight excluding hydrogens is 226 g/mol. The molecule has 0 bridgehead atoms. The van der Waals surface area contributed by atoms with Crippen LogP contribution in [0.3, 0.4) is 0 Å². The average Bonchev–Trinajstić information content (AvgIpc) is 1.14. The Balaban J connectivity index is -0.000000320. The summed E-state index contributed by atoms with van der Waals surface area (Å²) in [4.78, 5) is 0. The maximum Gasteiger partial charge on any atom is 1.00 e. The van der Waals surface area contributed by atoms with Crippen LogP contribution in [-0.4, -0.2) is 29.3 Å². The summed E-state index contributed by atoms with van der Waals surface area (Å²) in [5, 5.41) is 0. The fraction of sp³-hybridized carbons (Fsp3) is 1.00. The van der Waals surface area contributed by atoms with Crippen molar-refractivity contribution in [2.75, 3.05) is 12.5 Å². The third kappa shape index (κ3) is 18.4. The van der Waals surface area contributed by atoms with Gasteiger partial charge in [-0.15, -0.1) is 3.63 Å². The molecule has 64 valence electrons. The van der Waals surface area contributed by atoms with Crippen LogP contribution in [0.15, 0.2) is 0 Å². The Morgan fingerprint density at radius 2 is 1.09 bits per heavy atom. The van der Waals surface area contributed by atoms with E-state index in [9.17, 15) is 16.8 Å². The minimum atomic E-state index is -3.87. The van der Waals surface area contributed by atoms with Crippen molar-refractivity contribution in [1.29, 1.82) is 0 Å². The van der Waals surface area contributed by atoms with Crippen molar-refractivity contribution < 1.29 is 76.6 Å². The third-order valence-corrected chi connectivity index (χ3v) is 2.22. The zero-order valence-corrected chi connectivity index (χ0v) is 11.0. The van der Waals surface area contributed by atoms with Gasteiger partial charge in [-0.25, -0.2) is 0 Å². The van der Waals surface area contributed by atoms with Gasteiger partial charge in [0.1, 0.15) is 0 Å². The van der Waals surface area contributed by atoms with E-state index < -0.39 is 20.2 Å². The van der Waals surface area contributed by atoms with Gasteiger partial charge in [0.05, 0.1) is 12.5 Å². The molecule has 0 atom stereocenters. The summed E-state index contributed by atoms with van der Waals surface area (Å²) in [5.41, 5.74) is 0. The van der Waals surface area contributed by atoms with E-state index in [1.165, 1.54) is 0 Å². The Morgan fingerprint density at radius 3 is 1.09 bits per heavy atom. The van der Waals surface area contributed by atoms with Gasteiger partial charge < -0.3 is 4.70 Å². The van der Waals surface area contributed by atoms with Gasteiger partial charge >= 0.3 is 51.4 Å². The van der Waals surface area contributed by atoms with Crippen LogP contribution in [0.25, 0.3) is 0 Å². The smallest absolute Gasteiger partial charge is 1.00 e. The molecule has 0 aliphatic rings. The summed E-state index contributed by atoms with van der Waals surface area (Å²) >= 11 is 0. The fourth-order valence-corrected chi connectivity index (χ4v) is 2.02. The first-order valence-corrected chi connectivity index (χ1v) is 5.45. The summed E-state index contributed by atoms with van der Waals surface area (Å²) in [5.74, 6) is 0. The van der Waals surface area contributed by atoms with Gasteiger partial charge in [0, 0.05) is 0 Å². The summed E-state index contributed by atoms with van der Waals surface area (Å²) in [6.07, 6.45) is 1.32. The molecule has 9 heteroatoms. The van der Waals surface area contributed by atoms with E-state index >= 15 is 0 Å². The van der Waals surface area contributed by atoms with Crippen molar-refractivity contribution >= 4 is 20.2 Å². The van der Waals surface area contributed by atoms with E-state index in [-0.39, 0.29) is 56.1 Å². The SMILES string of the molecule is CS(=O)(=O)OS(C)(=O)=O.[F-].[K+]. The normalized spacial score (nSPS) is 11.1. The second-order valence-electron chi connectivity index (χ2n) is 1.48. The zero-order valence-electron chi connectivity index (χ0n) is 6.24. The Labute approximate surface area is 108 Å². The first-order valence-electron chi connectivity index (χ1n) is 1.82. The van der Waals surface area contributed by atoms with Crippen molar-refractivity contribution in [3.8, 4) is 0 Å². The van der Waals surface area contributed by atoms with Crippen LogP contribution in [0.1, 0.15) is 0 Å². The van der Waals surface area contributed by atoms with Gasteiger partial charge in [-0.3, -0.25) is 0 Å². The number of hydrogen-bond donors (Lipinski definition) is 0. The van der Waals surface area contributed by atoms with Crippen LogP contribution in [0.4, 0.5) is 0 Å². The number of halogens is 1. The van der Waals surface area contributed by atoms with Crippen LogP contribution in [0.5, 0.6) is 0 Å². The minimum Gasteiger partial charge on any atom is -1.00 e. The topological polar surface area (TPSA) is 77.5 Å². The number of rotatable bonds is 2. The van der Waals surface area contributed by atoms with Crippen molar-refractivity contribution in [1.82, 2.24) is 0 Å². The summed E-state index contributed by atoms with van der Waals surface area (Å²) < 4.78 is 43.8. The molecule has 0 aliphatic heterocycles. The quantitative estimate of drug-likeness (QED) is 0.442. The molecule has 0 aromatic rings. The molecule has 0 spiro atoms. The monoisotopic (exact) mass is 232 g/mol. The second kappa shape index (κ2) is 5.97. The zero-order chi connectivity index (χ0) is 7.71. The molecule has 5 nitrogen and oxygen atoms in total. The Hall–Kier alpha value is 1.43. The molecule has 0 radical (unpaired) electrons. The van der Waals surface area contributed by atoms with Crippen LogP contribution in [0.2, 0.25) is 0 Å². The van der Waals surface area contributed by atoms with Gasteiger partial charge in [0.2, 0.25) is 0 Å². The van der Waals surface area contributed by atoms with E-state index in [1.807, 2.05) is 0 Å². The number of hydrogen-bond acceptors (Lipinski definition) is 5. The van der Waals surface area contributed by atoms with E-state index in [0.717, 1.165) is 0 Å². The molecule has 0 unspecified atom stereocenters. The Bertz CT molecular complexity index is 248. The first kappa shape index (κ1) is 18.3. The van der Waals surface area contributed by atoms with Gasteiger partial charge in [-0.05, 0) is 0 Å². The van der Waals surface area contributed by atoms with E-state index in [1.54, 1.807) is 0 Å². The summed E-state index contributed by atoms with van der Waals surface area (Å²) in [6.45, 7) is 0. The Kier molecular flexibility index (Phi) is 9.91. The molecule has 0 saturated carbocycles. The van der Waals surface area contributed by atoms with Crippen LogP contribution in [0, 0.1) is 0 Å². The second-order valence-corrected chi connectivity index (χ2v) is 4.84. The predicted octanol–water partition coefficient (Wildman–Crippen LogP) is -7.07. The molecule has 0 amide bonds. The molecule has 0 heterocycles. The standard InChI is InChI=1S/C2H6O5S2.FH.K/c1-8(3,4)7-9(2,5)6;;/h1-2H3;1H;/q;;+1/p-1. The van der Waals surface area contributed by atoms with Crippen molar-refractivity contribution in [3.63, 3.8) is 0 Å². The van der Waals surface area contributed by atoms with Crippen molar-refractivity contribution in [2.24, 2.45) is 0 Å². The molecule has 0 fully saturated rings. The van der Waals surface area contributed by atoms with Crippen molar-refractivity contribution in [2.45, 2.75) is 0 Å². The first-order chi connectivity index (χ1) is 3.71. The molecule has 0 aliphatic carbocycles. The van der Waals surface area contributed by atoms with E-state index in [2.05, 4.69) is 3.63 Å². The molecule has 0 aromatic carbocycles. The van der Waals surface area contributed by atoms with Gasteiger partial charge in [-0.2, -0.15) is 16.8 Å². The molecule has 11 heavy (non-hydrogen) atoms. The maximum atomic E-state index is 10.0. The fourth-order valence-electron chi connectivity index (χ4n) is 0.225. The molecule has 0 saturated heterocycles. The largest absolute Gasteiger partial charge is 1.00 e. The van der Waals surface area contributed by atoms with E-state index in [0.29, 0.717) is 12.5 Å². The van der Waals surface area contributed by atoms with E-state index in [4.69, 9.17) is 0 Å². The maximum absolute atomic E-state index is 10.0.